The van der Waals surface area contributed by atoms with Crippen LogP contribution in [0.1, 0.15) is 284 Å². The van der Waals surface area contributed by atoms with Crippen molar-refractivity contribution in [2.45, 2.75) is 290 Å². The number of allylic oxidation sites excluding steroid dienone is 8. The molecule has 1 unspecified atom stereocenters. The summed E-state index contributed by atoms with van der Waals surface area (Å²) in [5, 5.41) is 0. The highest BCUT2D eigenvalue weighted by atomic mass is 16.6. The third-order valence-corrected chi connectivity index (χ3v) is 12.1. The second-order valence-electron chi connectivity index (χ2n) is 18.5. The molecule has 6 nitrogen and oxygen atoms in total. The van der Waals surface area contributed by atoms with E-state index in [2.05, 4.69) is 69.4 Å². The van der Waals surface area contributed by atoms with Gasteiger partial charge in [0.25, 0.3) is 0 Å². The monoisotopic (exact) mass is 897 g/mol. The molecule has 0 radical (unpaired) electrons. The third kappa shape index (κ3) is 50.4. The van der Waals surface area contributed by atoms with Crippen molar-refractivity contribution >= 4 is 17.9 Å². The van der Waals surface area contributed by atoms with Crippen LogP contribution in [0.25, 0.3) is 0 Å². The molecule has 0 saturated carbocycles. The summed E-state index contributed by atoms with van der Waals surface area (Å²) in [6, 6.07) is 0. The van der Waals surface area contributed by atoms with E-state index in [1.807, 2.05) is 0 Å². The van der Waals surface area contributed by atoms with E-state index in [1.165, 1.54) is 154 Å². The lowest BCUT2D eigenvalue weighted by molar-refractivity contribution is -0.167. The molecule has 0 rings (SSSR count). The van der Waals surface area contributed by atoms with Gasteiger partial charge in [-0.15, -0.1) is 0 Å². The van der Waals surface area contributed by atoms with Crippen molar-refractivity contribution in [1.29, 1.82) is 0 Å². The second-order valence-corrected chi connectivity index (χ2v) is 18.5. The molecule has 0 aliphatic carbocycles. The van der Waals surface area contributed by atoms with E-state index < -0.39 is 6.10 Å². The fourth-order valence-electron chi connectivity index (χ4n) is 7.94. The largest absolute Gasteiger partial charge is 0.462 e. The van der Waals surface area contributed by atoms with Gasteiger partial charge in [0, 0.05) is 19.3 Å². The quantitative estimate of drug-likeness (QED) is 0.0199. The summed E-state index contributed by atoms with van der Waals surface area (Å²) in [7, 11) is 0. The predicted octanol–water partition coefficient (Wildman–Crippen LogP) is 18.3. The minimum absolute atomic E-state index is 0.0799. The van der Waals surface area contributed by atoms with E-state index in [1.54, 1.807) is 0 Å². The maximum atomic E-state index is 12.8. The molecule has 0 N–H and O–H groups in total. The Balaban J connectivity index is 4.33. The van der Waals surface area contributed by atoms with Gasteiger partial charge in [-0.25, -0.2) is 0 Å². The van der Waals surface area contributed by atoms with Crippen molar-refractivity contribution < 1.29 is 28.6 Å². The number of ether oxygens (including phenoxy) is 3. The minimum Gasteiger partial charge on any atom is -0.462 e. The lowest BCUT2D eigenvalue weighted by atomic mass is 10.0. The lowest BCUT2D eigenvalue weighted by Gasteiger charge is -2.18. The average Bonchev–Trinajstić information content (AvgIpc) is 3.29. The van der Waals surface area contributed by atoms with Crippen molar-refractivity contribution in [3.05, 3.63) is 48.6 Å². The summed E-state index contributed by atoms with van der Waals surface area (Å²) in [4.78, 5) is 38.0. The summed E-state index contributed by atoms with van der Waals surface area (Å²) < 4.78 is 16.8. The van der Waals surface area contributed by atoms with Crippen molar-refractivity contribution in [1.82, 2.24) is 0 Å². The summed E-state index contributed by atoms with van der Waals surface area (Å²) in [6.07, 6.45) is 63.9. The van der Waals surface area contributed by atoms with Gasteiger partial charge in [0.2, 0.25) is 0 Å². The summed E-state index contributed by atoms with van der Waals surface area (Å²) >= 11 is 0. The molecule has 0 saturated heterocycles. The van der Waals surface area contributed by atoms with Crippen molar-refractivity contribution in [2.75, 3.05) is 13.2 Å². The number of esters is 3. The topological polar surface area (TPSA) is 78.9 Å². The van der Waals surface area contributed by atoms with Gasteiger partial charge in [0.15, 0.2) is 6.10 Å². The fraction of sp³-hybridized carbons (Fsp3) is 0.810. The number of rotatable bonds is 50. The zero-order valence-electron chi connectivity index (χ0n) is 42.6. The summed E-state index contributed by atoms with van der Waals surface area (Å²) in [5.41, 5.74) is 0. The number of hydrogen-bond donors (Lipinski definition) is 0. The van der Waals surface area contributed by atoms with Crippen LogP contribution < -0.4 is 0 Å². The summed E-state index contributed by atoms with van der Waals surface area (Å²) in [5.74, 6) is -0.896. The van der Waals surface area contributed by atoms with Crippen LogP contribution in [0.5, 0.6) is 0 Å². The molecular weight excluding hydrogens is 793 g/mol. The number of carbonyl (C=O) groups excluding carboxylic acids is 3. The smallest absolute Gasteiger partial charge is 0.306 e. The molecular formula is C58H104O6. The Morgan fingerprint density at radius 1 is 0.344 bits per heavy atom. The maximum absolute atomic E-state index is 12.8. The Morgan fingerprint density at radius 2 is 0.656 bits per heavy atom. The SMILES string of the molecule is CC/C=C\C/C=C\CCCCCCCC(=O)OCC(COC(=O)CCCCCCCCCCCCCCCCCCCCC)OC(=O)CCCCCCCC/C=C\C=C/CCCCC. The Labute approximate surface area is 397 Å². The van der Waals surface area contributed by atoms with Gasteiger partial charge in [0.05, 0.1) is 0 Å². The van der Waals surface area contributed by atoms with E-state index in [0.29, 0.717) is 19.3 Å². The van der Waals surface area contributed by atoms with E-state index in [9.17, 15) is 14.4 Å². The van der Waals surface area contributed by atoms with Crippen molar-refractivity contribution in [2.24, 2.45) is 0 Å². The molecule has 0 bridgehead atoms. The predicted molar refractivity (Wildman–Crippen MR) is 275 cm³/mol. The maximum Gasteiger partial charge on any atom is 0.306 e. The van der Waals surface area contributed by atoms with Crippen LogP contribution in [0.15, 0.2) is 48.6 Å². The van der Waals surface area contributed by atoms with Crippen LogP contribution in [0.2, 0.25) is 0 Å². The van der Waals surface area contributed by atoms with Crippen LogP contribution in [0.4, 0.5) is 0 Å². The first-order valence-corrected chi connectivity index (χ1v) is 27.7. The lowest BCUT2D eigenvalue weighted by Crippen LogP contribution is -2.30. The van der Waals surface area contributed by atoms with Gasteiger partial charge in [0.1, 0.15) is 13.2 Å². The second kappa shape index (κ2) is 53.0. The molecule has 0 amide bonds. The highest BCUT2D eigenvalue weighted by molar-refractivity contribution is 5.71. The zero-order chi connectivity index (χ0) is 46.5. The van der Waals surface area contributed by atoms with E-state index >= 15 is 0 Å². The van der Waals surface area contributed by atoms with Gasteiger partial charge < -0.3 is 14.2 Å². The molecule has 0 aromatic heterocycles. The fourth-order valence-corrected chi connectivity index (χ4v) is 7.94. The van der Waals surface area contributed by atoms with Crippen molar-refractivity contribution in [3.8, 4) is 0 Å². The molecule has 64 heavy (non-hydrogen) atoms. The first-order valence-electron chi connectivity index (χ1n) is 27.7. The number of hydrogen-bond acceptors (Lipinski definition) is 6. The first-order chi connectivity index (χ1) is 31.5. The van der Waals surface area contributed by atoms with Gasteiger partial charge in [-0.1, -0.05) is 243 Å². The van der Waals surface area contributed by atoms with E-state index in [4.69, 9.17) is 14.2 Å². The van der Waals surface area contributed by atoms with Crippen LogP contribution >= 0.6 is 0 Å². The highest BCUT2D eigenvalue weighted by Crippen LogP contribution is 2.16. The standard InChI is InChI=1S/C58H104O6/c1-4-7-10-13-16-19-22-25-27-28-29-30-32-33-36-39-42-45-48-51-57(60)63-54-55(53-62-56(59)50-47-44-41-38-35-24-21-18-15-12-9-6-3)64-58(61)52-49-46-43-40-37-34-31-26-23-20-17-14-11-8-5-2/h9,12,17-18,20-21,23,26,55H,4-8,10-11,13-16,19,22,24-25,27-54H2,1-3H3/b12-9-,20-17-,21-18-,26-23-. The Morgan fingerprint density at radius 3 is 1.06 bits per heavy atom. The van der Waals surface area contributed by atoms with Gasteiger partial charge in [-0.05, 0) is 70.6 Å². The average molecular weight is 897 g/mol. The number of unbranched alkanes of at least 4 members (excludes halogenated alkanes) is 32. The molecule has 0 aliphatic heterocycles. The molecule has 1 atom stereocenters. The van der Waals surface area contributed by atoms with Crippen LogP contribution in [0.3, 0.4) is 0 Å². The van der Waals surface area contributed by atoms with Crippen molar-refractivity contribution in [3.63, 3.8) is 0 Å². The molecule has 372 valence electrons. The molecule has 0 fully saturated rings. The molecule has 0 aromatic rings. The zero-order valence-corrected chi connectivity index (χ0v) is 42.6. The van der Waals surface area contributed by atoms with Gasteiger partial charge in [-0.3, -0.25) is 14.4 Å². The van der Waals surface area contributed by atoms with E-state index in [0.717, 1.165) is 89.9 Å². The third-order valence-electron chi connectivity index (χ3n) is 12.1. The molecule has 0 aliphatic rings. The van der Waals surface area contributed by atoms with Gasteiger partial charge in [-0.2, -0.15) is 0 Å². The van der Waals surface area contributed by atoms with Crippen LogP contribution in [-0.4, -0.2) is 37.2 Å². The molecule has 0 spiro atoms. The Hall–Kier alpha value is -2.63. The molecule has 6 heteroatoms. The van der Waals surface area contributed by atoms with E-state index in [-0.39, 0.29) is 31.1 Å². The van der Waals surface area contributed by atoms with Crippen LogP contribution in [-0.2, 0) is 28.6 Å². The molecule has 0 heterocycles. The summed E-state index contributed by atoms with van der Waals surface area (Å²) in [6.45, 7) is 6.51. The highest BCUT2D eigenvalue weighted by Gasteiger charge is 2.19. The molecule has 0 aromatic carbocycles. The Bertz CT molecular complexity index is 1120. The number of carbonyl (C=O) groups is 3. The Kier molecular flexibility index (Phi) is 50.8. The normalized spacial score (nSPS) is 12.4. The van der Waals surface area contributed by atoms with Gasteiger partial charge >= 0.3 is 17.9 Å². The first kappa shape index (κ1) is 61.4. The van der Waals surface area contributed by atoms with Crippen LogP contribution in [0, 0.1) is 0 Å². The minimum atomic E-state index is -0.782.